The number of nitrogens with zero attached hydrogens (tertiary/aromatic N) is 3. The van der Waals surface area contributed by atoms with E-state index in [0.717, 1.165) is 17.1 Å². The Hall–Kier alpha value is -1.84. The smallest absolute Gasteiger partial charge is 0.208 e. The summed E-state index contributed by atoms with van der Waals surface area (Å²) in [4.78, 5) is 0. The summed E-state index contributed by atoms with van der Waals surface area (Å²) in [7, 11) is 0. The molecular weight excluding hydrogens is 166 g/mol. The predicted molar refractivity (Wildman–Crippen MR) is 47.5 cm³/mol. The molecule has 4 nitrogen and oxygen atoms in total. The van der Waals surface area contributed by atoms with Gasteiger partial charge in [0, 0.05) is 5.56 Å². The molecule has 2 aromatic heterocycles. The number of fused-ring (bicyclic) bond motifs is 3. The summed E-state index contributed by atoms with van der Waals surface area (Å²) in [6.07, 6.45) is 5.68. The van der Waals surface area contributed by atoms with Crippen LogP contribution in [-0.2, 0) is 0 Å². The van der Waals surface area contributed by atoms with Crippen LogP contribution in [0.5, 0.6) is 5.88 Å². The Morgan fingerprint density at radius 2 is 2.38 bits per heavy atom. The molecule has 2 aromatic rings. The van der Waals surface area contributed by atoms with Gasteiger partial charge in [0.25, 0.3) is 0 Å². The van der Waals surface area contributed by atoms with E-state index in [-0.39, 0.29) is 0 Å². The fourth-order valence-corrected chi connectivity index (χ4v) is 1.47. The van der Waals surface area contributed by atoms with E-state index in [4.69, 9.17) is 4.74 Å². The van der Waals surface area contributed by atoms with E-state index in [0.29, 0.717) is 6.61 Å². The van der Waals surface area contributed by atoms with E-state index in [9.17, 15) is 0 Å². The van der Waals surface area contributed by atoms with E-state index in [1.54, 1.807) is 6.33 Å². The van der Waals surface area contributed by atoms with Gasteiger partial charge >= 0.3 is 0 Å². The third-order valence-electron chi connectivity index (χ3n) is 2.07. The van der Waals surface area contributed by atoms with Crippen molar-refractivity contribution in [2.75, 3.05) is 6.61 Å². The van der Waals surface area contributed by atoms with Crippen molar-refractivity contribution in [1.82, 2.24) is 14.6 Å². The van der Waals surface area contributed by atoms with Gasteiger partial charge < -0.3 is 4.74 Å². The van der Waals surface area contributed by atoms with Gasteiger partial charge in [-0.15, -0.1) is 10.2 Å². The number of pyridine rings is 1. The number of hydrogen-bond acceptors (Lipinski definition) is 3. The largest absolute Gasteiger partial charge is 0.474 e. The summed E-state index contributed by atoms with van der Waals surface area (Å²) < 4.78 is 7.34. The molecule has 0 spiro atoms. The number of hydrogen-bond donors (Lipinski definition) is 0. The fraction of sp³-hybridized carbons (Fsp3) is 0.111. The minimum absolute atomic E-state index is 0.615. The lowest BCUT2D eigenvalue weighted by molar-refractivity contribution is 0.339. The van der Waals surface area contributed by atoms with Gasteiger partial charge in [0.1, 0.15) is 12.9 Å². The van der Waals surface area contributed by atoms with Crippen LogP contribution >= 0.6 is 0 Å². The normalized spacial score (nSPS) is 14.2. The molecular formula is C9H7N3O. The topological polar surface area (TPSA) is 39.4 Å². The van der Waals surface area contributed by atoms with Gasteiger partial charge in [-0.2, -0.15) is 0 Å². The van der Waals surface area contributed by atoms with Crippen LogP contribution in [0.3, 0.4) is 0 Å². The molecule has 0 aromatic carbocycles. The highest BCUT2D eigenvalue weighted by Gasteiger charge is 2.09. The Balaban J connectivity index is 2.42. The summed E-state index contributed by atoms with van der Waals surface area (Å²) in [6.45, 7) is 0.615. The van der Waals surface area contributed by atoms with E-state index in [1.807, 2.05) is 28.7 Å². The second-order valence-electron chi connectivity index (χ2n) is 2.87. The van der Waals surface area contributed by atoms with Gasteiger partial charge in [-0.3, -0.25) is 4.40 Å². The monoisotopic (exact) mass is 173 g/mol. The average molecular weight is 173 g/mol. The van der Waals surface area contributed by atoms with Crippen molar-refractivity contribution in [3.63, 3.8) is 0 Å². The first-order valence-corrected chi connectivity index (χ1v) is 4.07. The maximum Gasteiger partial charge on any atom is 0.208 e. The van der Waals surface area contributed by atoms with Crippen LogP contribution in [-0.4, -0.2) is 21.2 Å². The summed E-state index contributed by atoms with van der Waals surface area (Å²) >= 11 is 0. The van der Waals surface area contributed by atoms with Gasteiger partial charge in [0.2, 0.25) is 5.88 Å². The highest BCUT2D eigenvalue weighted by Crippen LogP contribution is 2.23. The van der Waals surface area contributed by atoms with Crippen molar-refractivity contribution < 1.29 is 4.74 Å². The average Bonchev–Trinajstić information content (AvgIpc) is 2.65. The van der Waals surface area contributed by atoms with Gasteiger partial charge in [-0.05, 0) is 18.2 Å². The van der Waals surface area contributed by atoms with E-state index in [2.05, 4.69) is 10.2 Å². The first-order chi connectivity index (χ1) is 6.45. The quantitative estimate of drug-likeness (QED) is 0.599. The molecule has 1 aliphatic heterocycles. The summed E-state index contributed by atoms with van der Waals surface area (Å²) in [5, 5.41) is 7.75. The van der Waals surface area contributed by atoms with Crippen molar-refractivity contribution in [2.45, 2.75) is 0 Å². The van der Waals surface area contributed by atoms with Crippen LogP contribution in [0.2, 0.25) is 0 Å². The Kier molecular flexibility index (Phi) is 1.19. The third-order valence-corrected chi connectivity index (χ3v) is 2.07. The highest BCUT2D eigenvalue weighted by atomic mass is 16.5. The Labute approximate surface area is 74.5 Å². The number of aromatic nitrogens is 3. The van der Waals surface area contributed by atoms with E-state index in [1.165, 1.54) is 0 Å². The molecule has 0 aliphatic carbocycles. The molecule has 0 unspecified atom stereocenters. The van der Waals surface area contributed by atoms with E-state index < -0.39 is 0 Å². The minimum Gasteiger partial charge on any atom is -0.474 e. The highest BCUT2D eigenvalue weighted by molar-refractivity contribution is 5.60. The molecule has 0 saturated carbocycles. The molecule has 0 radical (unpaired) electrons. The maximum atomic E-state index is 5.49. The lowest BCUT2D eigenvalue weighted by atomic mass is 10.2. The standard InChI is InChI=1S/C9H7N3O/c1-2-7-3-4-8-11-10-6-12(8)9(7)13-5-1/h1-4,6H,5H2. The van der Waals surface area contributed by atoms with Crippen molar-refractivity contribution >= 4 is 11.7 Å². The van der Waals surface area contributed by atoms with Gasteiger partial charge in [0.05, 0.1) is 0 Å². The third kappa shape index (κ3) is 0.853. The fourth-order valence-electron chi connectivity index (χ4n) is 1.47. The molecule has 3 rings (SSSR count). The zero-order valence-electron chi connectivity index (χ0n) is 6.84. The van der Waals surface area contributed by atoms with Crippen molar-refractivity contribution in [1.29, 1.82) is 0 Å². The second kappa shape index (κ2) is 2.32. The van der Waals surface area contributed by atoms with Crippen LogP contribution < -0.4 is 4.74 Å². The van der Waals surface area contributed by atoms with Crippen LogP contribution in [0.1, 0.15) is 5.56 Å². The summed E-state index contributed by atoms with van der Waals surface area (Å²) in [6, 6.07) is 3.90. The molecule has 13 heavy (non-hydrogen) atoms. The number of rotatable bonds is 0. The molecule has 0 N–H and O–H groups in total. The molecule has 0 amide bonds. The molecule has 4 heteroatoms. The van der Waals surface area contributed by atoms with Gasteiger partial charge in [-0.1, -0.05) is 6.08 Å². The van der Waals surface area contributed by atoms with Gasteiger partial charge in [-0.25, -0.2) is 0 Å². The van der Waals surface area contributed by atoms with Gasteiger partial charge in [0.15, 0.2) is 5.65 Å². The molecule has 3 heterocycles. The van der Waals surface area contributed by atoms with E-state index >= 15 is 0 Å². The zero-order valence-corrected chi connectivity index (χ0v) is 6.84. The molecule has 0 saturated heterocycles. The minimum atomic E-state index is 0.615. The van der Waals surface area contributed by atoms with Crippen molar-refractivity contribution in [3.05, 3.63) is 30.1 Å². The number of ether oxygens (including phenoxy) is 1. The lowest BCUT2D eigenvalue weighted by Gasteiger charge is -2.12. The zero-order chi connectivity index (χ0) is 8.67. The summed E-state index contributed by atoms with van der Waals surface area (Å²) in [5.41, 5.74) is 1.88. The SMILES string of the molecule is C1=Cc2ccc3nncn3c2OC1. The Morgan fingerprint density at radius 3 is 3.38 bits per heavy atom. The molecule has 0 fully saturated rings. The Bertz CT molecular complexity index is 487. The molecule has 0 atom stereocenters. The maximum absolute atomic E-state index is 5.49. The molecule has 64 valence electrons. The molecule has 1 aliphatic rings. The first kappa shape index (κ1) is 6.65. The van der Waals surface area contributed by atoms with Crippen molar-refractivity contribution in [3.8, 4) is 5.88 Å². The van der Waals surface area contributed by atoms with Crippen LogP contribution in [0.4, 0.5) is 0 Å². The first-order valence-electron chi connectivity index (χ1n) is 4.07. The van der Waals surface area contributed by atoms with Crippen molar-refractivity contribution in [2.24, 2.45) is 0 Å². The lowest BCUT2D eigenvalue weighted by Crippen LogP contribution is -2.04. The molecule has 0 bridgehead atoms. The van der Waals surface area contributed by atoms with Crippen LogP contribution in [0, 0.1) is 0 Å². The second-order valence-corrected chi connectivity index (χ2v) is 2.87. The predicted octanol–water partition coefficient (Wildman–Crippen LogP) is 1.13. The summed E-state index contributed by atoms with van der Waals surface area (Å²) in [5.74, 6) is 0.824. The van der Waals surface area contributed by atoms with Crippen LogP contribution in [0.25, 0.3) is 11.7 Å². The Morgan fingerprint density at radius 1 is 1.38 bits per heavy atom. The van der Waals surface area contributed by atoms with Crippen LogP contribution in [0.15, 0.2) is 24.5 Å².